The average Bonchev–Trinajstić information content (AvgIpc) is 2.57. The zero-order valence-corrected chi connectivity index (χ0v) is 13.2. The van der Waals surface area contributed by atoms with E-state index >= 15 is 0 Å². The highest BCUT2D eigenvalue weighted by atomic mass is 16.5. The molecule has 0 radical (unpaired) electrons. The van der Waals surface area contributed by atoms with E-state index in [0.29, 0.717) is 0 Å². The first-order chi connectivity index (χ1) is 10.8. The Kier molecular flexibility index (Phi) is 4.64. The van der Waals surface area contributed by atoms with E-state index in [9.17, 15) is 0 Å². The van der Waals surface area contributed by atoms with E-state index in [-0.39, 0.29) is 5.54 Å². The van der Waals surface area contributed by atoms with Gasteiger partial charge in [-0.05, 0) is 37.1 Å². The molecule has 116 valence electrons. The van der Waals surface area contributed by atoms with E-state index in [0.717, 1.165) is 32.5 Å². The highest BCUT2D eigenvalue weighted by Gasteiger charge is 2.34. The summed E-state index contributed by atoms with van der Waals surface area (Å²) in [5, 5.41) is 3.72. The molecule has 0 saturated carbocycles. The summed E-state index contributed by atoms with van der Waals surface area (Å²) >= 11 is 0. The van der Waals surface area contributed by atoms with Crippen molar-refractivity contribution in [1.29, 1.82) is 0 Å². The van der Waals surface area contributed by atoms with Gasteiger partial charge < -0.3 is 15.0 Å². The maximum atomic E-state index is 5.52. The van der Waals surface area contributed by atoms with Gasteiger partial charge in [-0.25, -0.2) is 0 Å². The summed E-state index contributed by atoms with van der Waals surface area (Å²) in [5.41, 5.74) is 2.52. The van der Waals surface area contributed by atoms with Crippen LogP contribution in [0.25, 0.3) is 0 Å². The molecule has 1 aliphatic heterocycles. The third kappa shape index (κ3) is 3.42. The molecule has 1 fully saturated rings. The van der Waals surface area contributed by atoms with Crippen molar-refractivity contribution < 1.29 is 4.74 Å². The Morgan fingerprint density at radius 3 is 2.14 bits per heavy atom. The van der Waals surface area contributed by atoms with Crippen LogP contribution in [0.2, 0.25) is 0 Å². The Balaban J connectivity index is 1.69. The topological polar surface area (TPSA) is 24.5 Å². The first-order valence-electron chi connectivity index (χ1n) is 7.94. The molecule has 1 heterocycles. The number of ether oxygens (including phenoxy) is 1. The zero-order valence-electron chi connectivity index (χ0n) is 13.2. The van der Waals surface area contributed by atoms with E-state index in [1.54, 1.807) is 7.11 Å². The Morgan fingerprint density at radius 2 is 1.55 bits per heavy atom. The van der Waals surface area contributed by atoms with Crippen LogP contribution in [0.15, 0.2) is 60.7 Å². The van der Waals surface area contributed by atoms with Gasteiger partial charge in [0.15, 0.2) is 0 Å². The number of methoxy groups -OCH3 is 1. The van der Waals surface area contributed by atoms with E-state index in [1.165, 1.54) is 11.4 Å². The van der Waals surface area contributed by atoms with Crippen molar-refractivity contribution in [3.8, 4) is 0 Å². The summed E-state index contributed by atoms with van der Waals surface area (Å²) in [7, 11) is 1.79. The summed E-state index contributed by atoms with van der Waals surface area (Å²) in [5.74, 6) is 0. The van der Waals surface area contributed by atoms with Gasteiger partial charge in [0.05, 0.1) is 12.1 Å². The van der Waals surface area contributed by atoms with Crippen LogP contribution in [0.3, 0.4) is 0 Å². The van der Waals surface area contributed by atoms with Gasteiger partial charge in [0.25, 0.3) is 0 Å². The van der Waals surface area contributed by atoms with Crippen LogP contribution in [0, 0.1) is 0 Å². The Bertz CT molecular complexity index is 563. The number of benzene rings is 2. The van der Waals surface area contributed by atoms with Gasteiger partial charge in [0, 0.05) is 31.6 Å². The number of hydrogen-bond acceptors (Lipinski definition) is 3. The van der Waals surface area contributed by atoms with Crippen LogP contribution in [-0.2, 0) is 4.74 Å². The molecule has 0 bridgehead atoms. The van der Waals surface area contributed by atoms with Crippen molar-refractivity contribution in [2.24, 2.45) is 0 Å². The van der Waals surface area contributed by atoms with Crippen molar-refractivity contribution in [3.63, 3.8) is 0 Å². The minimum atomic E-state index is 0.0292. The molecule has 0 aliphatic carbocycles. The molecule has 0 atom stereocenters. The molecule has 0 amide bonds. The van der Waals surface area contributed by atoms with Crippen molar-refractivity contribution in [3.05, 3.63) is 60.7 Å². The minimum absolute atomic E-state index is 0.0292. The Morgan fingerprint density at radius 1 is 0.955 bits per heavy atom. The lowest BCUT2D eigenvalue weighted by Gasteiger charge is -2.43. The van der Waals surface area contributed by atoms with Crippen molar-refractivity contribution in [2.45, 2.75) is 18.4 Å². The zero-order chi connectivity index (χ0) is 15.3. The molecular formula is C19H24N2O. The number of para-hydroxylation sites is 2. The molecule has 0 unspecified atom stereocenters. The molecule has 2 aromatic carbocycles. The van der Waals surface area contributed by atoms with Crippen LogP contribution < -0.4 is 10.2 Å². The normalized spacial score (nSPS) is 17.2. The van der Waals surface area contributed by atoms with Crippen LogP contribution in [0.5, 0.6) is 0 Å². The Labute approximate surface area is 132 Å². The lowest BCUT2D eigenvalue weighted by molar-refractivity contribution is 0.128. The van der Waals surface area contributed by atoms with Crippen LogP contribution in [-0.4, -0.2) is 32.3 Å². The molecular weight excluding hydrogens is 272 g/mol. The van der Waals surface area contributed by atoms with Crippen LogP contribution >= 0.6 is 0 Å². The van der Waals surface area contributed by atoms with E-state index in [1.807, 2.05) is 6.07 Å². The van der Waals surface area contributed by atoms with Gasteiger partial charge in [0.1, 0.15) is 0 Å². The Hall–Kier alpha value is -2.00. The number of nitrogens with one attached hydrogen (secondary N) is 1. The molecule has 1 aliphatic rings. The van der Waals surface area contributed by atoms with E-state index < -0.39 is 0 Å². The van der Waals surface area contributed by atoms with Crippen molar-refractivity contribution in [2.75, 3.05) is 37.0 Å². The van der Waals surface area contributed by atoms with Gasteiger partial charge in [-0.2, -0.15) is 0 Å². The predicted octanol–water partition coefficient (Wildman–Crippen LogP) is 3.78. The van der Waals surface area contributed by atoms with Crippen LogP contribution in [0.1, 0.15) is 12.8 Å². The lowest BCUT2D eigenvalue weighted by Crippen LogP contribution is -2.52. The largest absolute Gasteiger partial charge is 0.382 e. The SMILES string of the molecule is COCC1(Nc2ccccc2)CCN(c2ccccc2)CC1. The highest BCUT2D eigenvalue weighted by molar-refractivity contribution is 5.49. The first-order valence-corrected chi connectivity index (χ1v) is 7.94. The monoisotopic (exact) mass is 296 g/mol. The third-order valence-electron chi connectivity index (χ3n) is 4.45. The first kappa shape index (κ1) is 14.9. The van der Waals surface area contributed by atoms with Gasteiger partial charge in [-0.15, -0.1) is 0 Å². The maximum absolute atomic E-state index is 5.52. The second-order valence-corrected chi connectivity index (χ2v) is 6.03. The second-order valence-electron chi connectivity index (χ2n) is 6.03. The molecule has 3 rings (SSSR count). The number of nitrogens with zero attached hydrogens (tertiary/aromatic N) is 1. The summed E-state index contributed by atoms with van der Waals surface area (Å²) in [6, 6.07) is 21.1. The standard InChI is InChI=1S/C19H24N2O/c1-22-16-19(20-17-8-4-2-5-9-17)12-14-21(15-13-19)18-10-6-3-7-11-18/h2-11,20H,12-16H2,1H3. The quantitative estimate of drug-likeness (QED) is 0.908. The summed E-state index contributed by atoms with van der Waals surface area (Å²) in [6.07, 6.45) is 2.15. The number of piperidine rings is 1. The van der Waals surface area contributed by atoms with E-state index in [4.69, 9.17) is 4.74 Å². The molecule has 0 spiro atoms. The van der Waals surface area contributed by atoms with E-state index in [2.05, 4.69) is 64.8 Å². The van der Waals surface area contributed by atoms with Crippen molar-refractivity contribution >= 4 is 11.4 Å². The fraction of sp³-hybridized carbons (Fsp3) is 0.368. The summed E-state index contributed by atoms with van der Waals surface area (Å²) in [4.78, 5) is 2.46. The average molecular weight is 296 g/mol. The van der Waals surface area contributed by atoms with Gasteiger partial charge >= 0.3 is 0 Å². The molecule has 3 heteroatoms. The predicted molar refractivity (Wildman–Crippen MR) is 92.6 cm³/mol. The van der Waals surface area contributed by atoms with Gasteiger partial charge in [-0.3, -0.25) is 0 Å². The number of hydrogen-bond donors (Lipinski definition) is 1. The maximum Gasteiger partial charge on any atom is 0.0694 e. The molecule has 1 N–H and O–H groups in total. The second kappa shape index (κ2) is 6.84. The van der Waals surface area contributed by atoms with Gasteiger partial charge in [0.2, 0.25) is 0 Å². The third-order valence-corrected chi connectivity index (χ3v) is 4.45. The summed E-state index contributed by atoms with van der Waals surface area (Å²) < 4.78 is 5.52. The molecule has 3 nitrogen and oxygen atoms in total. The summed E-state index contributed by atoms with van der Waals surface area (Å²) in [6.45, 7) is 2.84. The number of rotatable bonds is 5. The molecule has 22 heavy (non-hydrogen) atoms. The lowest BCUT2D eigenvalue weighted by atomic mass is 9.87. The fourth-order valence-electron chi connectivity index (χ4n) is 3.24. The fourth-order valence-corrected chi connectivity index (χ4v) is 3.24. The molecule has 0 aromatic heterocycles. The molecule has 2 aromatic rings. The smallest absolute Gasteiger partial charge is 0.0694 e. The van der Waals surface area contributed by atoms with Crippen LogP contribution in [0.4, 0.5) is 11.4 Å². The van der Waals surface area contributed by atoms with Crippen molar-refractivity contribution in [1.82, 2.24) is 0 Å². The molecule has 1 saturated heterocycles. The minimum Gasteiger partial charge on any atom is -0.382 e. The number of anilines is 2. The highest BCUT2D eigenvalue weighted by Crippen LogP contribution is 2.30. The van der Waals surface area contributed by atoms with Gasteiger partial charge in [-0.1, -0.05) is 36.4 Å².